The largest absolute Gasteiger partial charge is 0.398 e. The van der Waals surface area contributed by atoms with Gasteiger partial charge < -0.3 is 5.73 Å². The molecule has 1 aromatic heterocycles. The van der Waals surface area contributed by atoms with Gasteiger partial charge in [0.25, 0.3) is 0 Å². The lowest BCUT2D eigenvalue weighted by molar-refractivity contribution is 0.543. The Labute approximate surface area is 109 Å². The first kappa shape index (κ1) is 13.4. The molecule has 0 aliphatic carbocycles. The first-order valence-corrected chi connectivity index (χ1v) is 6.81. The van der Waals surface area contributed by atoms with Crippen molar-refractivity contribution in [1.29, 1.82) is 0 Å². The summed E-state index contributed by atoms with van der Waals surface area (Å²) >= 11 is 0. The molecule has 2 aromatic rings. The van der Waals surface area contributed by atoms with Gasteiger partial charge in [-0.1, -0.05) is 6.07 Å². The lowest BCUT2D eigenvalue weighted by Gasteiger charge is -2.13. The Morgan fingerprint density at radius 2 is 2.21 bits per heavy atom. The Morgan fingerprint density at radius 3 is 2.79 bits per heavy atom. The first-order chi connectivity index (χ1) is 8.92. The molecule has 7 nitrogen and oxygen atoms in total. The average Bonchev–Trinajstić information content (AvgIpc) is 2.80. The first-order valence-electron chi connectivity index (χ1n) is 5.33. The van der Waals surface area contributed by atoms with Gasteiger partial charge in [-0.05, 0) is 19.1 Å². The van der Waals surface area contributed by atoms with Gasteiger partial charge in [0.15, 0.2) is 0 Å². The highest BCUT2D eigenvalue weighted by molar-refractivity contribution is 7.89. The molecular formula is C10H12FN5O2S. The number of hydrogen-bond donors (Lipinski definition) is 3. The predicted molar refractivity (Wildman–Crippen MR) is 65.9 cm³/mol. The van der Waals surface area contributed by atoms with Crippen LogP contribution in [0.15, 0.2) is 29.4 Å². The number of sulfonamides is 1. The highest BCUT2D eigenvalue weighted by Crippen LogP contribution is 2.23. The topological polar surface area (TPSA) is 114 Å². The number of anilines is 1. The van der Waals surface area contributed by atoms with Crippen LogP contribution in [0, 0.1) is 5.82 Å². The Bertz CT molecular complexity index is 651. The molecule has 19 heavy (non-hydrogen) atoms. The summed E-state index contributed by atoms with van der Waals surface area (Å²) in [4.78, 5) is 3.25. The van der Waals surface area contributed by atoms with E-state index in [-0.39, 0.29) is 5.69 Å². The Balaban J connectivity index is 2.33. The van der Waals surface area contributed by atoms with Crippen LogP contribution >= 0.6 is 0 Å². The summed E-state index contributed by atoms with van der Waals surface area (Å²) in [6.07, 6.45) is 1.25. The van der Waals surface area contributed by atoms with Gasteiger partial charge in [0, 0.05) is 0 Å². The zero-order valence-electron chi connectivity index (χ0n) is 9.96. The van der Waals surface area contributed by atoms with E-state index in [0.717, 1.165) is 6.07 Å². The molecule has 0 aliphatic heterocycles. The molecule has 0 saturated carbocycles. The molecule has 0 saturated heterocycles. The number of nitrogens with one attached hydrogen (secondary N) is 2. The van der Waals surface area contributed by atoms with Crippen molar-refractivity contribution in [3.63, 3.8) is 0 Å². The predicted octanol–water partition coefficient (Wildman–Crippen LogP) is 0.565. The van der Waals surface area contributed by atoms with E-state index in [1.807, 2.05) is 0 Å². The molecule has 0 spiro atoms. The number of nitrogen functional groups attached to an aromatic ring is 1. The maximum Gasteiger partial charge on any atom is 0.246 e. The van der Waals surface area contributed by atoms with Gasteiger partial charge >= 0.3 is 0 Å². The summed E-state index contributed by atoms with van der Waals surface area (Å²) in [5.41, 5.74) is 5.35. The monoisotopic (exact) mass is 285 g/mol. The summed E-state index contributed by atoms with van der Waals surface area (Å²) in [6, 6.07) is 3.00. The van der Waals surface area contributed by atoms with Crippen LogP contribution in [-0.4, -0.2) is 23.6 Å². The van der Waals surface area contributed by atoms with Crippen molar-refractivity contribution in [2.24, 2.45) is 0 Å². The van der Waals surface area contributed by atoms with E-state index in [1.165, 1.54) is 18.5 Å². The van der Waals surface area contributed by atoms with Crippen LogP contribution < -0.4 is 10.5 Å². The van der Waals surface area contributed by atoms with Gasteiger partial charge in [-0.2, -0.15) is 5.10 Å². The molecule has 1 heterocycles. The molecule has 2 rings (SSSR count). The van der Waals surface area contributed by atoms with Crippen LogP contribution in [0.4, 0.5) is 10.1 Å². The molecule has 102 valence electrons. The zero-order valence-corrected chi connectivity index (χ0v) is 10.8. The summed E-state index contributed by atoms with van der Waals surface area (Å²) < 4.78 is 40.1. The molecule has 9 heteroatoms. The average molecular weight is 285 g/mol. The van der Waals surface area contributed by atoms with E-state index in [0.29, 0.717) is 5.82 Å². The maximum atomic E-state index is 13.6. The molecule has 1 aromatic carbocycles. The standard InChI is InChI=1S/C10H12FN5O2S/c1-6(10-13-5-14-15-10)16-19(17,18)9-7(11)3-2-4-8(9)12/h2-6,16H,12H2,1H3,(H,13,14,15). The van der Waals surface area contributed by atoms with Crippen LogP contribution in [0.25, 0.3) is 0 Å². The van der Waals surface area contributed by atoms with Gasteiger partial charge in [0.05, 0.1) is 11.7 Å². The minimum atomic E-state index is -4.08. The fourth-order valence-electron chi connectivity index (χ4n) is 1.58. The number of halogens is 1. The summed E-state index contributed by atoms with van der Waals surface area (Å²) in [5.74, 6) is -0.587. The van der Waals surface area contributed by atoms with Gasteiger partial charge in [-0.15, -0.1) is 0 Å². The van der Waals surface area contributed by atoms with Crippen molar-refractivity contribution < 1.29 is 12.8 Å². The summed E-state index contributed by atoms with van der Waals surface area (Å²) in [7, 11) is -4.08. The van der Waals surface area contributed by atoms with Gasteiger partial charge in [-0.25, -0.2) is 22.5 Å². The van der Waals surface area contributed by atoms with Crippen molar-refractivity contribution in [3.05, 3.63) is 36.2 Å². The van der Waals surface area contributed by atoms with E-state index in [1.54, 1.807) is 6.92 Å². The zero-order chi connectivity index (χ0) is 14.0. The maximum absolute atomic E-state index is 13.6. The van der Waals surface area contributed by atoms with E-state index < -0.39 is 26.8 Å². The van der Waals surface area contributed by atoms with Crippen LogP contribution in [-0.2, 0) is 10.0 Å². The van der Waals surface area contributed by atoms with Crippen molar-refractivity contribution in [1.82, 2.24) is 19.9 Å². The number of aromatic nitrogens is 3. The minimum absolute atomic E-state index is 0.155. The second-order valence-corrected chi connectivity index (χ2v) is 5.52. The molecule has 0 amide bonds. The summed E-state index contributed by atoms with van der Waals surface area (Å²) in [5, 5.41) is 6.14. The highest BCUT2D eigenvalue weighted by atomic mass is 32.2. The van der Waals surface area contributed by atoms with Crippen LogP contribution in [0.2, 0.25) is 0 Å². The molecule has 4 N–H and O–H groups in total. The van der Waals surface area contributed by atoms with Crippen molar-refractivity contribution in [2.75, 3.05) is 5.73 Å². The highest BCUT2D eigenvalue weighted by Gasteiger charge is 2.25. The lowest BCUT2D eigenvalue weighted by Crippen LogP contribution is -2.29. The normalized spacial score (nSPS) is 13.4. The van der Waals surface area contributed by atoms with Crippen molar-refractivity contribution in [2.45, 2.75) is 17.9 Å². The Hall–Kier alpha value is -2.00. The number of H-pyrrole nitrogens is 1. The number of hydrogen-bond acceptors (Lipinski definition) is 5. The number of nitrogens with two attached hydrogens (primary N) is 1. The molecule has 0 fully saturated rings. The number of nitrogens with zero attached hydrogens (tertiary/aromatic N) is 2. The smallest absolute Gasteiger partial charge is 0.246 e. The van der Waals surface area contributed by atoms with Crippen LogP contribution in [0.5, 0.6) is 0 Å². The fourth-order valence-corrected chi connectivity index (χ4v) is 2.98. The molecule has 1 unspecified atom stereocenters. The third-order valence-electron chi connectivity index (χ3n) is 2.44. The third-order valence-corrected chi connectivity index (χ3v) is 4.07. The van der Waals surface area contributed by atoms with E-state index >= 15 is 0 Å². The minimum Gasteiger partial charge on any atom is -0.398 e. The van der Waals surface area contributed by atoms with E-state index in [2.05, 4.69) is 19.9 Å². The van der Waals surface area contributed by atoms with Crippen LogP contribution in [0.3, 0.4) is 0 Å². The van der Waals surface area contributed by atoms with Gasteiger partial charge in [0.2, 0.25) is 10.0 Å². The third kappa shape index (κ3) is 2.71. The number of benzene rings is 1. The summed E-state index contributed by atoms with van der Waals surface area (Å²) in [6.45, 7) is 1.55. The lowest BCUT2D eigenvalue weighted by atomic mass is 10.3. The molecule has 0 bridgehead atoms. The van der Waals surface area contributed by atoms with Gasteiger partial charge in [0.1, 0.15) is 22.9 Å². The Morgan fingerprint density at radius 1 is 1.47 bits per heavy atom. The molecule has 0 radical (unpaired) electrons. The molecule has 0 aliphatic rings. The van der Waals surface area contributed by atoms with E-state index in [4.69, 9.17) is 5.73 Å². The van der Waals surface area contributed by atoms with Crippen molar-refractivity contribution >= 4 is 15.7 Å². The number of rotatable bonds is 4. The van der Waals surface area contributed by atoms with E-state index in [9.17, 15) is 12.8 Å². The van der Waals surface area contributed by atoms with Crippen molar-refractivity contribution in [3.8, 4) is 0 Å². The SMILES string of the molecule is CC(NS(=O)(=O)c1c(N)cccc1F)c1ncn[nH]1. The Kier molecular flexibility index (Phi) is 3.49. The quantitative estimate of drug-likeness (QED) is 0.710. The molecular weight excluding hydrogens is 273 g/mol. The van der Waals surface area contributed by atoms with Crippen LogP contribution in [0.1, 0.15) is 18.8 Å². The number of aromatic amines is 1. The second-order valence-electron chi connectivity index (χ2n) is 3.87. The second kappa shape index (κ2) is 4.94. The van der Waals surface area contributed by atoms with Gasteiger partial charge in [-0.3, -0.25) is 5.10 Å². The fraction of sp³-hybridized carbons (Fsp3) is 0.200. The molecule has 1 atom stereocenters.